The number of aromatic nitrogens is 1. The Hall–Kier alpha value is -2.34. The van der Waals surface area contributed by atoms with Crippen LogP contribution in [0.5, 0.6) is 5.75 Å². The summed E-state index contributed by atoms with van der Waals surface area (Å²) in [6.07, 6.45) is 4.63. The summed E-state index contributed by atoms with van der Waals surface area (Å²) < 4.78 is 0. The number of aryl methyl sites for hydroxylation is 1. The highest BCUT2D eigenvalue weighted by Crippen LogP contribution is 2.27. The van der Waals surface area contributed by atoms with Gasteiger partial charge in [-0.15, -0.1) is 0 Å². The number of aromatic amines is 1. The highest BCUT2D eigenvalue weighted by atomic mass is 16.3. The van der Waals surface area contributed by atoms with Crippen LogP contribution in [0.25, 0.3) is 10.9 Å². The number of para-hydroxylation sites is 1. The lowest BCUT2D eigenvalue weighted by Gasteiger charge is -2.38. The van der Waals surface area contributed by atoms with E-state index in [4.69, 9.17) is 0 Å². The third kappa shape index (κ3) is 5.43. The van der Waals surface area contributed by atoms with E-state index in [1.54, 1.807) is 0 Å². The summed E-state index contributed by atoms with van der Waals surface area (Å²) >= 11 is 0. The van der Waals surface area contributed by atoms with Crippen molar-refractivity contribution in [3.63, 3.8) is 0 Å². The molecule has 176 valence electrons. The number of aromatic hydroxyl groups is 1. The van der Waals surface area contributed by atoms with Gasteiger partial charge in [0.15, 0.2) is 0 Å². The third-order valence-electron chi connectivity index (χ3n) is 7.57. The van der Waals surface area contributed by atoms with Crippen LogP contribution in [0.1, 0.15) is 36.6 Å². The minimum Gasteiger partial charge on any atom is -0.508 e. The molecule has 1 aliphatic carbocycles. The number of nitrogens with zero attached hydrogens (tertiary/aromatic N) is 3. The van der Waals surface area contributed by atoms with Gasteiger partial charge in [-0.25, -0.2) is 0 Å². The molecule has 1 fully saturated rings. The molecule has 0 amide bonds. The molecule has 1 saturated heterocycles. The van der Waals surface area contributed by atoms with Gasteiger partial charge >= 0.3 is 0 Å². The lowest BCUT2D eigenvalue weighted by molar-refractivity contribution is 0.0998. The van der Waals surface area contributed by atoms with Gasteiger partial charge in [-0.1, -0.05) is 31.2 Å². The number of nitrogens with one attached hydrogen (secondary N) is 1. The number of rotatable bonds is 8. The summed E-state index contributed by atoms with van der Waals surface area (Å²) in [7, 11) is 0. The van der Waals surface area contributed by atoms with Crippen LogP contribution in [0.3, 0.4) is 0 Å². The van der Waals surface area contributed by atoms with Gasteiger partial charge in [0, 0.05) is 63.1 Å². The molecule has 0 radical (unpaired) electrons. The summed E-state index contributed by atoms with van der Waals surface area (Å²) in [5.74, 6) is 0.404. The first kappa shape index (κ1) is 22.5. The molecule has 1 aromatic heterocycles. The Morgan fingerprint density at radius 2 is 1.79 bits per heavy atom. The Balaban J connectivity index is 1.11. The molecular formula is C28H38N4O. The molecule has 1 atom stereocenters. The van der Waals surface area contributed by atoms with Gasteiger partial charge in [-0.05, 0) is 73.0 Å². The second-order valence-corrected chi connectivity index (χ2v) is 9.89. The molecule has 5 nitrogen and oxygen atoms in total. The number of hydrogen-bond acceptors (Lipinski definition) is 4. The first-order chi connectivity index (χ1) is 16.2. The quantitative estimate of drug-likeness (QED) is 0.543. The molecule has 0 saturated carbocycles. The topological polar surface area (TPSA) is 45.7 Å². The summed E-state index contributed by atoms with van der Waals surface area (Å²) in [4.78, 5) is 11.5. The Labute approximate surface area is 198 Å². The normalized spacial score (nSPS) is 19.9. The van der Waals surface area contributed by atoms with Gasteiger partial charge in [-0.2, -0.15) is 0 Å². The molecule has 2 heterocycles. The van der Waals surface area contributed by atoms with Crippen molar-refractivity contribution in [2.75, 3.05) is 45.8 Å². The SMILES string of the molecule is CCCN(CCN1CCN(Cc2cc3ccccc3[nH]2)CC1)C1CCc2ccc(O)cc2C1. The Bertz CT molecular complexity index is 1020. The number of hydrogen-bond donors (Lipinski definition) is 2. The summed E-state index contributed by atoms with van der Waals surface area (Å²) in [5, 5.41) is 11.2. The largest absolute Gasteiger partial charge is 0.508 e. The molecule has 5 heteroatoms. The molecular weight excluding hydrogens is 408 g/mol. The van der Waals surface area contributed by atoms with Crippen molar-refractivity contribution in [3.05, 3.63) is 65.4 Å². The van der Waals surface area contributed by atoms with Crippen molar-refractivity contribution in [1.82, 2.24) is 19.7 Å². The number of H-pyrrole nitrogens is 1. The maximum atomic E-state index is 9.92. The van der Waals surface area contributed by atoms with Crippen LogP contribution in [0.15, 0.2) is 48.5 Å². The molecule has 0 spiro atoms. The van der Waals surface area contributed by atoms with Gasteiger partial charge < -0.3 is 10.1 Å². The highest BCUT2D eigenvalue weighted by Gasteiger charge is 2.25. The molecule has 1 aliphatic heterocycles. The molecule has 0 bridgehead atoms. The van der Waals surface area contributed by atoms with Crippen LogP contribution in [0.4, 0.5) is 0 Å². The molecule has 33 heavy (non-hydrogen) atoms. The summed E-state index contributed by atoms with van der Waals surface area (Å²) in [6.45, 7) is 11.4. The Morgan fingerprint density at radius 3 is 2.61 bits per heavy atom. The second-order valence-electron chi connectivity index (χ2n) is 9.89. The fourth-order valence-corrected chi connectivity index (χ4v) is 5.70. The standard InChI is InChI=1S/C28H38N4O/c1-2-11-32(26-9-7-22-8-10-27(33)20-24(22)19-26)17-16-30-12-14-31(15-13-30)21-25-18-23-5-3-4-6-28(23)29-25/h3-6,8,10,18,20,26,29,33H,2,7,9,11-17,19,21H2,1H3. The molecule has 2 N–H and O–H groups in total. The fraction of sp³-hybridized carbons (Fsp3) is 0.500. The predicted molar refractivity (Wildman–Crippen MR) is 136 cm³/mol. The van der Waals surface area contributed by atoms with E-state index < -0.39 is 0 Å². The first-order valence-corrected chi connectivity index (χ1v) is 12.7. The number of fused-ring (bicyclic) bond motifs is 2. The zero-order chi connectivity index (χ0) is 22.6. The summed E-state index contributed by atoms with van der Waals surface area (Å²) in [5.41, 5.74) is 5.33. The van der Waals surface area contributed by atoms with Crippen LogP contribution < -0.4 is 0 Å². The number of phenols is 1. The van der Waals surface area contributed by atoms with Gasteiger partial charge in [-0.3, -0.25) is 14.7 Å². The minimum atomic E-state index is 0.404. The van der Waals surface area contributed by atoms with Gasteiger partial charge in [0.1, 0.15) is 5.75 Å². The second kappa shape index (κ2) is 10.3. The van der Waals surface area contributed by atoms with Crippen molar-refractivity contribution < 1.29 is 5.11 Å². The van der Waals surface area contributed by atoms with Crippen LogP contribution in [0, 0.1) is 0 Å². The van der Waals surface area contributed by atoms with Crippen molar-refractivity contribution in [2.24, 2.45) is 0 Å². The van der Waals surface area contributed by atoms with Crippen LogP contribution in [-0.4, -0.2) is 76.6 Å². The average molecular weight is 447 g/mol. The molecule has 5 rings (SSSR count). The zero-order valence-corrected chi connectivity index (χ0v) is 20.0. The number of phenolic OH excluding ortho intramolecular Hbond substituents is 1. The van der Waals surface area contributed by atoms with Crippen molar-refractivity contribution in [2.45, 2.75) is 45.2 Å². The van der Waals surface area contributed by atoms with Crippen LogP contribution >= 0.6 is 0 Å². The lowest BCUT2D eigenvalue weighted by atomic mass is 9.87. The van der Waals surface area contributed by atoms with E-state index in [-0.39, 0.29) is 0 Å². The van der Waals surface area contributed by atoms with Crippen molar-refractivity contribution in [3.8, 4) is 5.75 Å². The molecule has 2 aliphatic rings. The average Bonchev–Trinajstić information content (AvgIpc) is 3.24. The maximum absolute atomic E-state index is 9.92. The van der Waals surface area contributed by atoms with Crippen LogP contribution in [0.2, 0.25) is 0 Å². The van der Waals surface area contributed by atoms with E-state index in [0.29, 0.717) is 11.8 Å². The minimum absolute atomic E-state index is 0.404. The lowest BCUT2D eigenvalue weighted by Crippen LogP contribution is -2.49. The van der Waals surface area contributed by atoms with E-state index in [9.17, 15) is 5.11 Å². The Kier molecular flexibility index (Phi) is 7.00. The monoisotopic (exact) mass is 446 g/mol. The maximum Gasteiger partial charge on any atom is 0.115 e. The van der Waals surface area contributed by atoms with Crippen LogP contribution in [-0.2, 0) is 19.4 Å². The number of piperazine rings is 1. The first-order valence-electron chi connectivity index (χ1n) is 12.7. The van der Waals surface area contributed by atoms with E-state index in [1.807, 2.05) is 12.1 Å². The van der Waals surface area contributed by atoms with E-state index in [2.05, 4.69) is 63.0 Å². The summed E-state index contributed by atoms with van der Waals surface area (Å²) in [6, 6.07) is 17.4. The van der Waals surface area contributed by atoms with Crippen molar-refractivity contribution in [1.29, 1.82) is 0 Å². The molecule has 1 unspecified atom stereocenters. The number of benzene rings is 2. The highest BCUT2D eigenvalue weighted by molar-refractivity contribution is 5.80. The van der Waals surface area contributed by atoms with Gasteiger partial charge in [0.05, 0.1) is 0 Å². The van der Waals surface area contributed by atoms with E-state index in [0.717, 1.165) is 58.7 Å². The predicted octanol–water partition coefficient (Wildman–Crippen LogP) is 4.26. The third-order valence-corrected chi connectivity index (χ3v) is 7.57. The molecule has 2 aromatic carbocycles. The van der Waals surface area contributed by atoms with E-state index in [1.165, 1.54) is 47.1 Å². The molecule has 3 aromatic rings. The van der Waals surface area contributed by atoms with E-state index >= 15 is 0 Å². The smallest absolute Gasteiger partial charge is 0.115 e. The Morgan fingerprint density at radius 1 is 0.970 bits per heavy atom. The van der Waals surface area contributed by atoms with Gasteiger partial charge in [0.2, 0.25) is 0 Å². The zero-order valence-electron chi connectivity index (χ0n) is 20.0. The van der Waals surface area contributed by atoms with Gasteiger partial charge in [0.25, 0.3) is 0 Å². The fourth-order valence-electron chi connectivity index (χ4n) is 5.70. The van der Waals surface area contributed by atoms with Crippen molar-refractivity contribution >= 4 is 10.9 Å².